The molecule has 116 valence electrons. The summed E-state index contributed by atoms with van der Waals surface area (Å²) in [6.45, 7) is 3.05. The van der Waals surface area contributed by atoms with Crippen LogP contribution in [-0.2, 0) is 11.8 Å². The Bertz CT molecular complexity index is 717. The third-order valence-corrected chi connectivity index (χ3v) is 4.81. The molecule has 0 atom stereocenters. The van der Waals surface area contributed by atoms with Crippen LogP contribution >= 0.6 is 27.3 Å². The molecule has 1 saturated heterocycles. The van der Waals surface area contributed by atoms with Gasteiger partial charge in [-0.1, -0.05) is 29.5 Å². The van der Waals surface area contributed by atoms with Crippen LogP contribution in [0.2, 0.25) is 0 Å². The van der Waals surface area contributed by atoms with Crippen molar-refractivity contribution in [2.24, 2.45) is 17.0 Å². The molecule has 2 aromatic rings. The molecule has 1 aromatic heterocycles. The molecule has 0 N–H and O–H groups in total. The number of aliphatic imine (C=N–C) groups is 1. The molecule has 0 aliphatic carbocycles. The zero-order valence-corrected chi connectivity index (χ0v) is 14.7. The Hall–Kier alpha value is -1.44. The van der Waals surface area contributed by atoms with Crippen LogP contribution in [0.4, 0.5) is 5.69 Å². The van der Waals surface area contributed by atoms with Gasteiger partial charge in [-0.15, -0.1) is 0 Å². The summed E-state index contributed by atoms with van der Waals surface area (Å²) in [4.78, 5) is 12.6. The fourth-order valence-electron chi connectivity index (χ4n) is 2.13. The lowest BCUT2D eigenvalue weighted by Gasteiger charge is -2.27. The number of nitrogens with zero attached hydrogens (tertiary/aromatic N) is 4. The van der Waals surface area contributed by atoms with E-state index in [4.69, 9.17) is 14.7 Å². The lowest BCUT2D eigenvalue weighted by molar-refractivity contribution is 0.0675. The predicted molar refractivity (Wildman–Crippen MR) is 92.5 cm³/mol. The number of thiazole rings is 1. The van der Waals surface area contributed by atoms with Crippen LogP contribution in [-0.4, -0.2) is 41.7 Å². The highest BCUT2D eigenvalue weighted by Gasteiger charge is 2.15. The number of hydrogen-bond acceptors (Lipinski definition) is 3. The van der Waals surface area contributed by atoms with Gasteiger partial charge < -0.3 is 14.2 Å². The van der Waals surface area contributed by atoms with E-state index >= 15 is 0 Å². The number of guanidine groups is 1. The fourth-order valence-corrected chi connectivity index (χ4v) is 3.58. The molecule has 5 nitrogen and oxygen atoms in total. The molecule has 0 unspecified atom stereocenters. The Morgan fingerprint density at radius 3 is 2.59 bits per heavy atom. The topological polar surface area (TPSA) is 42.1 Å². The van der Waals surface area contributed by atoms with Crippen molar-refractivity contribution in [3.63, 3.8) is 0 Å². The Kier molecular flexibility index (Phi) is 5.07. The molecule has 1 aliphatic rings. The van der Waals surface area contributed by atoms with Gasteiger partial charge in [0.25, 0.3) is 0 Å². The molecule has 1 aliphatic heterocycles. The van der Waals surface area contributed by atoms with Crippen LogP contribution in [0, 0.1) is 0 Å². The summed E-state index contributed by atoms with van der Waals surface area (Å²) in [7, 11) is 1.99. The van der Waals surface area contributed by atoms with Gasteiger partial charge in [0, 0.05) is 26.3 Å². The largest absolute Gasteiger partial charge is 0.378 e. The van der Waals surface area contributed by atoms with Crippen molar-refractivity contribution in [1.29, 1.82) is 0 Å². The molecule has 0 radical (unpaired) electrons. The van der Waals surface area contributed by atoms with Crippen LogP contribution in [0.15, 0.2) is 50.3 Å². The third-order valence-electron chi connectivity index (χ3n) is 3.26. The minimum Gasteiger partial charge on any atom is -0.378 e. The number of ether oxygens (including phenoxy) is 1. The second-order valence-electron chi connectivity index (χ2n) is 4.89. The van der Waals surface area contributed by atoms with Crippen LogP contribution in [0.1, 0.15) is 0 Å². The van der Waals surface area contributed by atoms with E-state index in [0.29, 0.717) is 13.2 Å². The van der Waals surface area contributed by atoms with E-state index in [-0.39, 0.29) is 0 Å². The normalized spacial score (nSPS) is 17.1. The molecule has 0 saturated carbocycles. The highest BCUT2D eigenvalue weighted by Crippen LogP contribution is 2.14. The van der Waals surface area contributed by atoms with Crippen molar-refractivity contribution in [2.75, 3.05) is 26.3 Å². The van der Waals surface area contributed by atoms with Crippen molar-refractivity contribution in [3.8, 4) is 0 Å². The molecular formula is C15H17BrN4OS. The zero-order chi connectivity index (χ0) is 15.4. The van der Waals surface area contributed by atoms with Crippen LogP contribution < -0.4 is 4.80 Å². The van der Waals surface area contributed by atoms with E-state index in [9.17, 15) is 0 Å². The summed E-state index contributed by atoms with van der Waals surface area (Å²) in [5.41, 5.74) is 0.908. The first-order chi connectivity index (χ1) is 10.7. The van der Waals surface area contributed by atoms with E-state index in [1.807, 2.05) is 48.1 Å². The first-order valence-corrected chi connectivity index (χ1v) is 8.66. The maximum atomic E-state index is 5.43. The number of morpholine rings is 1. The van der Waals surface area contributed by atoms with Crippen LogP contribution in [0.25, 0.3) is 0 Å². The summed E-state index contributed by atoms with van der Waals surface area (Å²) < 4.78 is 8.48. The van der Waals surface area contributed by atoms with Gasteiger partial charge in [-0.2, -0.15) is 4.99 Å². The number of hydrogen-bond donors (Lipinski definition) is 0. The average Bonchev–Trinajstić information content (AvgIpc) is 2.86. The molecular weight excluding hydrogens is 364 g/mol. The number of rotatable bonds is 1. The van der Waals surface area contributed by atoms with Crippen LogP contribution in [0.3, 0.4) is 0 Å². The second-order valence-corrected chi connectivity index (χ2v) is 7.28. The lowest BCUT2D eigenvalue weighted by Crippen LogP contribution is -2.40. The molecule has 1 fully saturated rings. The Morgan fingerprint density at radius 2 is 1.95 bits per heavy atom. The van der Waals surface area contributed by atoms with Crippen molar-refractivity contribution in [2.45, 2.75) is 0 Å². The highest BCUT2D eigenvalue weighted by molar-refractivity contribution is 9.11. The van der Waals surface area contributed by atoms with Gasteiger partial charge in [0.1, 0.15) is 0 Å². The average molecular weight is 381 g/mol. The van der Waals surface area contributed by atoms with Gasteiger partial charge in [0.05, 0.1) is 22.7 Å². The van der Waals surface area contributed by atoms with E-state index in [1.165, 1.54) is 0 Å². The van der Waals surface area contributed by atoms with Crippen molar-refractivity contribution >= 4 is 38.9 Å². The highest BCUT2D eigenvalue weighted by atomic mass is 79.9. The molecule has 22 heavy (non-hydrogen) atoms. The van der Waals surface area contributed by atoms with Crippen molar-refractivity contribution in [1.82, 2.24) is 9.47 Å². The lowest BCUT2D eigenvalue weighted by atomic mass is 10.3. The molecule has 0 bridgehead atoms. The maximum absolute atomic E-state index is 5.43. The number of aryl methyl sites for hydroxylation is 1. The van der Waals surface area contributed by atoms with Crippen molar-refractivity contribution in [3.05, 3.63) is 45.1 Å². The summed E-state index contributed by atoms with van der Waals surface area (Å²) in [6.07, 6.45) is 2.00. The maximum Gasteiger partial charge on any atom is 0.228 e. The predicted octanol–water partition coefficient (Wildman–Crippen LogP) is 2.77. The Balaban J connectivity index is 2.01. The summed E-state index contributed by atoms with van der Waals surface area (Å²) >= 11 is 5.09. The first-order valence-electron chi connectivity index (χ1n) is 7.05. The minimum atomic E-state index is 0.712. The van der Waals surface area contributed by atoms with Gasteiger partial charge in [-0.05, 0) is 28.1 Å². The molecule has 7 heteroatoms. The second kappa shape index (κ2) is 7.21. The van der Waals surface area contributed by atoms with E-state index in [2.05, 4.69) is 20.8 Å². The number of para-hydroxylation sites is 1. The number of benzene rings is 1. The summed E-state index contributed by atoms with van der Waals surface area (Å²) in [5.74, 6) is 0.736. The summed E-state index contributed by atoms with van der Waals surface area (Å²) in [6, 6.07) is 9.93. The van der Waals surface area contributed by atoms with Crippen molar-refractivity contribution < 1.29 is 4.74 Å². The standard InChI is InChI=1S/C15H17BrN4OS/c1-19-11-13(16)22-15(19)18-14(20-7-9-21-10-8-20)17-12-5-3-2-4-6-12/h2-6,11H,7-10H2,1H3. The van der Waals surface area contributed by atoms with E-state index in [1.54, 1.807) is 11.3 Å². The number of halogens is 1. The smallest absolute Gasteiger partial charge is 0.228 e. The molecule has 3 rings (SSSR count). The van der Waals surface area contributed by atoms with E-state index in [0.717, 1.165) is 33.3 Å². The Labute approximate surface area is 141 Å². The Morgan fingerprint density at radius 1 is 1.23 bits per heavy atom. The third kappa shape index (κ3) is 3.85. The van der Waals surface area contributed by atoms with E-state index < -0.39 is 0 Å². The molecule has 0 amide bonds. The van der Waals surface area contributed by atoms with Gasteiger partial charge in [0.2, 0.25) is 5.96 Å². The zero-order valence-electron chi connectivity index (χ0n) is 12.3. The van der Waals surface area contributed by atoms with Gasteiger partial charge >= 0.3 is 0 Å². The molecule has 0 spiro atoms. The van der Waals surface area contributed by atoms with Gasteiger partial charge in [0.15, 0.2) is 4.80 Å². The first kappa shape index (κ1) is 15.5. The SMILES string of the molecule is Cn1cc(Br)sc1=NC(=Nc1ccccc1)N1CCOCC1. The van der Waals surface area contributed by atoms with Gasteiger partial charge in [-0.3, -0.25) is 0 Å². The molecule has 1 aromatic carbocycles. The molecule has 2 heterocycles. The monoisotopic (exact) mass is 380 g/mol. The number of aromatic nitrogens is 1. The quantitative estimate of drug-likeness (QED) is 0.563. The van der Waals surface area contributed by atoms with Gasteiger partial charge in [-0.25, -0.2) is 4.99 Å². The van der Waals surface area contributed by atoms with Crippen LogP contribution in [0.5, 0.6) is 0 Å². The minimum absolute atomic E-state index is 0.712. The fraction of sp³-hybridized carbons (Fsp3) is 0.333. The summed E-state index contributed by atoms with van der Waals surface area (Å²) in [5, 5.41) is 0.